The van der Waals surface area contributed by atoms with E-state index in [0.717, 1.165) is 0 Å². The predicted molar refractivity (Wildman–Crippen MR) is 65.9 cm³/mol. The minimum atomic E-state index is -0.401. The number of fused-ring (bicyclic) bond motifs is 1. The van der Waals surface area contributed by atoms with E-state index in [0.29, 0.717) is 36.9 Å². The second kappa shape index (κ2) is 6.26. The summed E-state index contributed by atoms with van der Waals surface area (Å²) < 4.78 is 16.7. The second-order valence-corrected chi connectivity index (χ2v) is 3.80. The molecule has 0 bridgehead atoms. The van der Waals surface area contributed by atoms with Gasteiger partial charge in [-0.25, -0.2) is 4.79 Å². The molecule has 0 radical (unpaired) electrons. The van der Waals surface area contributed by atoms with Crippen molar-refractivity contribution < 1.29 is 19.0 Å². The minimum Gasteiger partial charge on any atom is -0.465 e. The van der Waals surface area contributed by atoms with Crippen LogP contribution >= 0.6 is 0 Å². The molecule has 0 atom stereocenters. The van der Waals surface area contributed by atoms with Crippen molar-refractivity contribution in [3.63, 3.8) is 0 Å². The molecule has 102 valence electrons. The quantitative estimate of drug-likeness (QED) is 0.564. The third-order valence-electron chi connectivity index (χ3n) is 2.56. The zero-order valence-electron chi connectivity index (χ0n) is 10.8. The number of methoxy groups -OCH3 is 2. The zero-order chi connectivity index (χ0) is 13.7. The van der Waals surface area contributed by atoms with Gasteiger partial charge in [-0.2, -0.15) is 0 Å². The highest BCUT2D eigenvalue weighted by Crippen LogP contribution is 2.09. The lowest BCUT2D eigenvalue weighted by atomic mass is 10.3. The van der Waals surface area contributed by atoms with Crippen LogP contribution in [0.5, 0.6) is 0 Å². The molecule has 0 N–H and O–H groups in total. The van der Waals surface area contributed by atoms with Gasteiger partial charge in [0.15, 0.2) is 11.5 Å². The number of aromatic nitrogens is 3. The maximum Gasteiger partial charge on any atom is 0.339 e. The number of carbonyl (C=O) groups is 1. The molecule has 0 aliphatic heterocycles. The number of ether oxygens (including phenoxy) is 3. The third-order valence-corrected chi connectivity index (χ3v) is 2.56. The molecule has 2 heterocycles. The Hall–Kier alpha value is -1.99. The molecule has 19 heavy (non-hydrogen) atoms. The summed E-state index contributed by atoms with van der Waals surface area (Å²) >= 11 is 0. The fourth-order valence-electron chi connectivity index (χ4n) is 1.58. The Balaban J connectivity index is 2.17. The summed E-state index contributed by atoms with van der Waals surface area (Å²) in [5, 5.41) is 8.01. The second-order valence-electron chi connectivity index (χ2n) is 3.80. The molecule has 0 spiro atoms. The first-order valence-corrected chi connectivity index (χ1v) is 5.75. The maximum absolute atomic E-state index is 11.5. The van der Waals surface area contributed by atoms with Crippen LogP contribution in [0.1, 0.15) is 16.2 Å². The number of esters is 1. The summed E-state index contributed by atoms with van der Waals surface area (Å²) in [6.45, 7) is 1.29. The van der Waals surface area contributed by atoms with Crippen LogP contribution in [-0.2, 0) is 20.8 Å². The topological polar surface area (TPSA) is 75.0 Å². The van der Waals surface area contributed by atoms with Gasteiger partial charge in [0.25, 0.3) is 0 Å². The van der Waals surface area contributed by atoms with Gasteiger partial charge in [-0.1, -0.05) is 0 Å². The Morgan fingerprint density at radius 2 is 2.11 bits per heavy atom. The van der Waals surface area contributed by atoms with E-state index in [-0.39, 0.29) is 0 Å². The number of pyridine rings is 1. The van der Waals surface area contributed by atoms with Crippen LogP contribution in [0.3, 0.4) is 0 Å². The molecule has 0 amide bonds. The average molecular weight is 265 g/mol. The van der Waals surface area contributed by atoms with E-state index in [9.17, 15) is 4.79 Å². The van der Waals surface area contributed by atoms with Crippen LogP contribution in [0, 0.1) is 0 Å². The summed E-state index contributed by atoms with van der Waals surface area (Å²) in [6, 6.07) is 3.35. The molecule has 7 nitrogen and oxygen atoms in total. The van der Waals surface area contributed by atoms with Gasteiger partial charge in [-0.3, -0.25) is 4.40 Å². The van der Waals surface area contributed by atoms with Gasteiger partial charge in [0.2, 0.25) is 0 Å². The lowest BCUT2D eigenvalue weighted by molar-refractivity contribution is 0.0579. The van der Waals surface area contributed by atoms with Crippen LogP contribution in [0.25, 0.3) is 5.65 Å². The molecule has 0 saturated carbocycles. The van der Waals surface area contributed by atoms with Gasteiger partial charge in [0.1, 0.15) is 6.61 Å². The number of hydrogen-bond acceptors (Lipinski definition) is 6. The molecule has 2 aromatic rings. The zero-order valence-corrected chi connectivity index (χ0v) is 10.8. The monoisotopic (exact) mass is 265 g/mol. The van der Waals surface area contributed by atoms with E-state index >= 15 is 0 Å². The molecule has 0 unspecified atom stereocenters. The highest BCUT2D eigenvalue weighted by atomic mass is 16.5. The van der Waals surface area contributed by atoms with E-state index in [4.69, 9.17) is 9.47 Å². The Labute approximate surface area is 110 Å². The van der Waals surface area contributed by atoms with E-state index in [1.54, 1.807) is 29.8 Å². The standard InChI is InChI=1S/C12H15N3O4/c1-17-5-6-19-8-11-14-13-10-4-3-9(7-15(10)11)12(16)18-2/h3-4,7H,5-6,8H2,1-2H3. The van der Waals surface area contributed by atoms with Crippen molar-refractivity contribution in [1.29, 1.82) is 0 Å². The molecule has 0 aromatic carbocycles. The average Bonchev–Trinajstić information content (AvgIpc) is 2.85. The van der Waals surface area contributed by atoms with Crippen molar-refractivity contribution in [2.24, 2.45) is 0 Å². The van der Waals surface area contributed by atoms with Crippen LogP contribution in [0.15, 0.2) is 18.3 Å². The van der Waals surface area contributed by atoms with Gasteiger partial charge in [0, 0.05) is 13.3 Å². The number of hydrogen-bond donors (Lipinski definition) is 0. The molecule has 0 aliphatic carbocycles. The maximum atomic E-state index is 11.5. The van der Waals surface area contributed by atoms with Gasteiger partial charge in [-0.15, -0.1) is 10.2 Å². The van der Waals surface area contributed by atoms with Crippen LogP contribution < -0.4 is 0 Å². The summed E-state index contributed by atoms with van der Waals surface area (Å²) in [5.74, 6) is 0.221. The number of carbonyl (C=O) groups excluding carboxylic acids is 1. The Morgan fingerprint density at radius 3 is 2.84 bits per heavy atom. The molecular weight excluding hydrogens is 250 g/mol. The van der Waals surface area contributed by atoms with Gasteiger partial charge < -0.3 is 14.2 Å². The first-order valence-electron chi connectivity index (χ1n) is 5.75. The molecule has 2 rings (SSSR count). The number of rotatable bonds is 6. The van der Waals surface area contributed by atoms with Crippen LogP contribution in [-0.4, -0.2) is 48.0 Å². The third kappa shape index (κ3) is 3.07. The minimum absolute atomic E-state index is 0.301. The fraction of sp³-hybridized carbons (Fsp3) is 0.417. The molecule has 0 saturated heterocycles. The summed E-state index contributed by atoms with van der Waals surface area (Å²) in [5.41, 5.74) is 1.09. The normalized spacial score (nSPS) is 10.8. The van der Waals surface area contributed by atoms with Crippen molar-refractivity contribution in [3.8, 4) is 0 Å². The van der Waals surface area contributed by atoms with Crippen LogP contribution in [0.4, 0.5) is 0 Å². The van der Waals surface area contributed by atoms with Crippen molar-refractivity contribution in [3.05, 3.63) is 29.7 Å². The van der Waals surface area contributed by atoms with Gasteiger partial charge in [-0.05, 0) is 12.1 Å². The number of nitrogens with zero attached hydrogens (tertiary/aromatic N) is 3. The van der Waals surface area contributed by atoms with Gasteiger partial charge >= 0.3 is 5.97 Å². The summed E-state index contributed by atoms with van der Waals surface area (Å²) in [4.78, 5) is 11.5. The van der Waals surface area contributed by atoms with E-state index < -0.39 is 5.97 Å². The Bertz CT molecular complexity index is 567. The highest BCUT2D eigenvalue weighted by molar-refractivity contribution is 5.89. The molecule has 0 fully saturated rings. The SMILES string of the molecule is COCCOCc1nnc2ccc(C(=O)OC)cn12. The largest absolute Gasteiger partial charge is 0.465 e. The van der Waals surface area contributed by atoms with E-state index in [1.165, 1.54) is 7.11 Å². The van der Waals surface area contributed by atoms with E-state index in [2.05, 4.69) is 14.9 Å². The van der Waals surface area contributed by atoms with Crippen molar-refractivity contribution >= 4 is 11.6 Å². The first kappa shape index (κ1) is 13.4. The van der Waals surface area contributed by atoms with Crippen molar-refractivity contribution in [2.45, 2.75) is 6.61 Å². The van der Waals surface area contributed by atoms with Crippen molar-refractivity contribution in [2.75, 3.05) is 27.4 Å². The Morgan fingerprint density at radius 1 is 1.26 bits per heavy atom. The lowest BCUT2D eigenvalue weighted by Crippen LogP contribution is -2.06. The first-order chi connectivity index (χ1) is 9.26. The lowest BCUT2D eigenvalue weighted by Gasteiger charge is -2.04. The molecular formula is C12H15N3O4. The van der Waals surface area contributed by atoms with Gasteiger partial charge in [0.05, 0.1) is 25.9 Å². The summed E-state index contributed by atoms with van der Waals surface area (Å²) in [7, 11) is 2.95. The predicted octanol–water partition coefficient (Wildman–Crippen LogP) is 0.679. The molecule has 2 aromatic heterocycles. The highest BCUT2D eigenvalue weighted by Gasteiger charge is 2.10. The fourth-order valence-corrected chi connectivity index (χ4v) is 1.58. The van der Waals surface area contributed by atoms with E-state index in [1.807, 2.05) is 0 Å². The smallest absolute Gasteiger partial charge is 0.339 e. The van der Waals surface area contributed by atoms with Crippen LogP contribution in [0.2, 0.25) is 0 Å². The summed E-state index contributed by atoms with van der Waals surface area (Å²) in [6.07, 6.45) is 1.64. The molecule has 7 heteroatoms. The Kier molecular flexibility index (Phi) is 4.43. The molecule has 0 aliphatic rings. The van der Waals surface area contributed by atoms with Crippen molar-refractivity contribution in [1.82, 2.24) is 14.6 Å².